The monoisotopic (exact) mass is 560 g/mol. The molecule has 0 radical (unpaired) electrons. The van der Waals surface area contributed by atoms with Crippen LogP contribution in [0.25, 0.3) is 0 Å². The number of rotatable bonds is 12. The molecule has 4 nitrogen and oxygen atoms in total. The van der Waals surface area contributed by atoms with E-state index in [0.717, 1.165) is 17.5 Å². The molecule has 0 aliphatic rings. The SMILES string of the molecule is CC[C@H](C)NC(=O)[C@H](Cc1ccccc1)N(Cc1c(Cl)cccc1Cl)C(=O)CSCc1ccc(F)cc1. The Morgan fingerprint density at radius 3 is 2.22 bits per heavy atom. The molecule has 8 heteroatoms. The third-order valence-corrected chi connectivity index (χ3v) is 7.77. The first kappa shape index (κ1) is 29.0. The first-order valence-electron chi connectivity index (χ1n) is 12.2. The van der Waals surface area contributed by atoms with E-state index in [-0.39, 0.29) is 36.0 Å². The van der Waals surface area contributed by atoms with Crippen LogP contribution in [0.15, 0.2) is 72.8 Å². The summed E-state index contributed by atoms with van der Waals surface area (Å²) in [6.07, 6.45) is 1.11. The molecule has 37 heavy (non-hydrogen) atoms. The first-order valence-corrected chi connectivity index (χ1v) is 14.1. The fourth-order valence-corrected chi connectivity index (χ4v) is 5.16. The van der Waals surface area contributed by atoms with Crippen molar-refractivity contribution in [3.8, 4) is 0 Å². The van der Waals surface area contributed by atoms with Crippen LogP contribution in [0.2, 0.25) is 10.0 Å². The molecule has 0 aliphatic carbocycles. The van der Waals surface area contributed by atoms with Crippen molar-refractivity contribution in [2.45, 2.75) is 51.1 Å². The Bertz CT molecular complexity index is 1160. The lowest BCUT2D eigenvalue weighted by Gasteiger charge is -2.32. The minimum atomic E-state index is -0.761. The molecule has 0 aliphatic heterocycles. The molecule has 0 heterocycles. The summed E-state index contributed by atoms with van der Waals surface area (Å²) >= 11 is 14.3. The number of nitrogens with one attached hydrogen (secondary N) is 1. The van der Waals surface area contributed by atoms with Crippen molar-refractivity contribution in [3.05, 3.63) is 105 Å². The third kappa shape index (κ3) is 8.77. The maximum atomic E-state index is 13.7. The van der Waals surface area contributed by atoms with Crippen LogP contribution in [0.3, 0.4) is 0 Å². The van der Waals surface area contributed by atoms with Gasteiger partial charge in [0, 0.05) is 40.4 Å². The number of carbonyl (C=O) groups is 2. The van der Waals surface area contributed by atoms with Gasteiger partial charge in [-0.25, -0.2) is 4.39 Å². The van der Waals surface area contributed by atoms with Gasteiger partial charge in [-0.15, -0.1) is 11.8 Å². The highest BCUT2D eigenvalue weighted by molar-refractivity contribution is 7.99. The van der Waals surface area contributed by atoms with Crippen molar-refractivity contribution < 1.29 is 14.0 Å². The van der Waals surface area contributed by atoms with Crippen molar-refractivity contribution in [3.63, 3.8) is 0 Å². The van der Waals surface area contributed by atoms with E-state index < -0.39 is 6.04 Å². The predicted molar refractivity (Wildman–Crippen MR) is 151 cm³/mol. The van der Waals surface area contributed by atoms with Gasteiger partial charge in [-0.2, -0.15) is 0 Å². The molecule has 0 saturated carbocycles. The molecule has 0 aromatic heterocycles. The summed E-state index contributed by atoms with van der Waals surface area (Å²) in [6.45, 7) is 4.03. The number of carbonyl (C=O) groups excluding carboxylic acids is 2. The Balaban J connectivity index is 1.90. The number of hydrogen-bond donors (Lipinski definition) is 1. The Morgan fingerprint density at radius 1 is 0.946 bits per heavy atom. The molecule has 0 bridgehead atoms. The second-order valence-electron chi connectivity index (χ2n) is 8.86. The Kier molecular flexibility index (Phi) is 11.3. The summed E-state index contributed by atoms with van der Waals surface area (Å²) in [4.78, 5) is 28.8. The molecule has 3 aromatic rings. The van der Waals surface area contributed by atoms with E-state index in [1.54, 1.807) is 35.2 Å². The highest BCUT2D eigenvalue weighted by Gasteiger charge is 2.31. The van der Waals surface area contributed by atoms with Crippen LogP contribution in [0, 0.1) is 5.82 Å². The van der Waals surface area contributed by atoms with Crippen molar-refractivity contribution in [2.75, 3.05) is 5.75 Å². The van der Waals surface area contributed by atoms with Gasteiger partial charge in [-0.3, -0.25) is 9.59 Å². The van der Waals surface area contributed by atoms with Crippen LogP contribution >= 0.6 is 35.0 Å². The quantitative estimate of drug-likeness (QED) is 0.261. The smallest absolute Gasteiger partial charge is 0.243 e. The molecule has 3 rings (SSSR count). The zero-order valence-corrected chi connectivity index (χ0v) is 23.3. The maximum absolute atomic E-state index is 13.7. The number of thioether (sulfide) groups is 1. The number of benzene rings is 3. The van der Waals surface area contributed by atoms with E-state index in [9.17, 15) is 14.0 Å². The van der Waals surface area contributed by atoms with E-state index in [1.807, 2.05) is 44.2 Å². The van der Waals surface area contributed by atoms with Crippen LogP contribution in [0.1, 0.15) is 37.0 Å². The fourth-order valence-electron chi connectivity index (χ4n) is 3.77. The Labute approximate surface area is 232 Å². The standard InChI is InChI=1S/C29H31Cl2FN2O2S/c1-3-20(2)33-29(36)27(16-21-8-5-4-6-9-21)34(17-24-25(30)10-7-11-26(24)31)28(35)19-37-18-22-12-14-23(32)15-13-22/h4-15,20,27H,3,16-19H2,1-2H3,(H,33,36)/t20-,27-/m0/s1. The van der Waals surface area contributed by atoms with Gasteiger partial charge in [0.1, 0.15) is 11.9 Å². The van der Waals surface area contributed by atoms with Crippen LogP contribution in [0.4, 0.5) is 4.39 Å². The van der Waals surface area contributed by atoms with Gasteiger partial charge in [-0.1, -0.05) is 78.7 Å². The molecule has 0 fully saturated rings. The van der Waals surface area contributed by atoms with Crippen LogP contribution < -0.4 is 5.32 Å². The van der Waals surface area contributed by atoms with E-state index in [4.69, 9.17) is 23.2 Å². The number of hydrogen-bond acceptors (Lipinski definition) is 3. The summed E-state index contributed by atoms with van der Waals surface area (Å²) in [5, 5.41) is 3.92. The average Bonchev–Trinajstić information content (AvgIpc) is 2.89. The molecule has 1 N–H and O–H groups in total. The molecule has 0 saturated heterocycles. The lowest BCUT2D eigenvalue weighted by atomic mass is 10.0. The Hall–Kier alpha value is -2.54. The molecule has 2 atom stereocenters. The van der Waals surface area contributed by atoms with E-state index in [1.165, 1.54) is 23.9 Å². The van der Waals surface area contributed by atoms with E-state index in [0.29, 0.717) is 27.8 Å². The van der Waals surface area contributed by atoms with Crippen LogP contribution in [-0.4, -0.2) is 34.6 Å². The van der Waals surface area contributed by atoms with Crippen LogP contribution in [0.5, 0.6) is 0 Å². The molecule has 0 unspecified atom stereocenters. The minimum absolute atomic E-state index is 0.0422. The van der Waals surface area contributed by atoms with Crippen molar-refractivity contribution in [2.24, 2.45) is 0 Å². The van der Waals surface area contributed by atoms with Gasteiger partial charge in [0.15, 0.2) is 0 Å². The number of amides is 2. The van der Waals surface area contributed by atoms with Gasteiger partial charge in [-0.05, 0) is 48.7 Å². The van der Waals surface area contributed by atoms with Gasteiger partial charge >= 0.3 is 0 Å². The number of nitrogens with zero attached hydrogens (tertiary/aromatic N) is 1. The zero-order valence-electron chi connectivity index (χ0n) is 20.9. The second-order valence-corrected chi connectivity index (χ2v) is 10.7. The molecule has 0 spiro atoms. The van der Waals surface area contributed by atoms with Crippen molar-refractivity contribution in [1.29, 1.82) is 0 Å². The number of halogens is 3. The molecule has 3 aromatic carbocycles. The van der Waals surface area contributed by atoms with Crippen molar-refractivity contribution in [1.82, 2.24) is 10.2 Å². The molecule has 196 valence electrons. The van der Waals surface area contributed by atoms with E-state index >= 15 is 0 Å². The average molecular weight is 562 g/mol. The molecule has 2 amide bonds. The second kappa shape index (κ2) is 14.4. The van der Waals surface area contributed by atoms with Gasteiger partial charge in [0.25, 0.3) is 0 Å². The van der Waals surface area contributed by atoms with E-state index in [2.05, 4.69) is 5.32 Å². The molecular weight excluding hydrogens is 530 g/mol. The van der Waals surface area contributed by atoms with Gasteiger partial charge < -0.3 is 10.2 Å². The van der Waals surface area contributed by atoms with Gasteiger partial charge in [0.05, 0.1) is 5.75 Å². The predicted octanol–water partition coefficient (Wildman–Crippen LogP) is 6.92. The summed E-state index contributed by atoms with van der Waals surface area (Å²) < 4.78 is 13.2. The summed E-state index contributed by atoms with van der Waals surface area (Å²) in [5.74, 6) is -0.0542. The summed E-state index contributed by atoms with van der Waals surface area (Å²) in [6, 6.07) is 20.2. The third-order valence-electron chi connectivity index (χ3n) is 6.07. The zero-order chi connectivity index (χ0) is 26.8. The summed E-state index contributed by atoms with van der Waals surface area (Å²) in [5.41, 5.74) is 2.45. The topological polar surface area (TPSA) is 49.4 Å². The largest absolute Gasteiger partial charge is 0.352 e. The lowest BCUT2D eigenvalue weighted by Crippen LogP contribution is -2.52. The highest BCUT2D eigenvalue weighted by atomic mass is 35.5. The normalized spacial score (nSPS) is 12.6. The van der Waals surface area contributed by atoms with Crippen molar-refractivity contribution >= 4 is 46.8 Å². The fraction of sp³-hybridized carbons (Fsp3) is 0.310. The summed E-state index contributed by atoms with van der Waals surface area (Å²) in [7, 11) is 0. The first-order chi connectivity index (χ1) is 17.8. The maximum Gasteiger partial charge on any atom is 0.243 e. The lowest BCUT2D eigenvalue weighted by molar-refractivity contribution is -0.139. The van der Waals surface area contributed by atoms with Crippen LogP contribution in [-0.2, 0) is 28.3 Å². The highest BCUT2D eigenvalue weighted by Crippen LogP contribution is 2.28. The molecular formula is C29H31Cl2FN2O2S. The van der Waals surface area contributed by atoms with Gasteiger partial charge in [0.2, 0.25) is 11.8 Å². The Morgan fingerprint density at radius 2 is 1.59 bits per heavy atom. The minimum Gasteiger partial charge on any atom is -0.352 e.